The van der Waals surface area contributed by atoms with Gasteiger partial charge in [0.05, 0.1) is 24.6 Å². The highest BCUT2D eigenvalue weighted by Gasteiger charge is 2.10. The molecular formula is C12H10N2O3. The lowest BCUT2D eigenvalue weighted by atomic mass is 10.1. The van der Waals surface area contributed by atoms with Crippen LogP contribution in [-0.2, 0) is 6.54 Å². The molecule has 0 unspecified atom stereocenters. The molecule has 2 rings (SSSR count). The topological polar surface area (TPSA) is 72.2 Å². The summed E-state index contributed by atoms with van der Waals surface area (Å²) in [6.45, 7) is 0.316. The molecule has 1 heterocycles. The van der Waals surface area contributed by atoms with E-state index in [9.17, 15) is 9.59 Å². The first-order chi connectivity index (χ1) is 8.22. The van der Waals surface area contributed by atoms with Gasteiger partial charge in [-0.1, -0.05) is 18.2 Å². The van der Waals surface area contributed by atoms with Crippen molar-refractivity contribution in [3.05, 3.63) is 53.6 Å². The van der Waals surface area contributed by atoms with E-state index >= 15 is 0 Å². The largest absolute Gasteiger partial charge is 0.478 e. The maximum Gasteiger partial charge on any atom is 0.336 e. The highest BCUT2D eigenvalue weighted by atomic mass is 16.4. The molecule has 0 fully saturated rings. The molecule has 17 heavy (non-hydrogen) atoms. The number of rotatable bonds is 4. The number of carbonyl (C=O) groups is 2. The number of carboxylic acid groups (broad SMARTS) is 1. The number of aromatic carboxylic acids is 1. The second kappa shape index (κ2) is 4.61. The van der Waals surface area contributed by atoms with Gasteiger partial charge in [0.15, 0.2) is 6.29 Å². The molecule has 5 heteroatoms. The molecule has 0 radical (unpaired) electrons. The van der Waals surface area contributed by atoms with Crippen LogP contribution in [0, 0.1) is 0 Å². The van der Waals surface area contributed by atoms with Crippen molar-refractivity contribution in [3.63, 3.8) is 0 Å². The zero-order valence-corrected chi connectivity index (χ0v) is 8.91. The van der Waals surface area contributed by atoms with Gasteiger partial charge in [-0.3, -0.25) is 4.79 Å². The van der Waals surface area contributed by atoms with Crippen LogP contribution < -0.4 is 0 Å². The maximum atomic E-state index is 11.0. The Balaban J connectivity index is 2.36. The first kappa shape index (κ1) is 11.1. The van der Waals surface area contributed by atoms with Gasteiger partial charge in [-0.15, -0.1) is 0 Å². The van der Waals surface area contributed by atoms with Crippen molar-refractivity contribution in [1.29, 1.82) is 0 Å². The zero-order chi connectivity index (χ0) is 12.3. The minimum absolute atomic E-state index is 0.234. The first-order valence-electron chi connectivity index (χ1n) is 4.99. The lowest BCUT2D eigenvalue weighted by molar-refractivity contribution is 0.0695. The molecule has 0 amide bonds. The summed E-state index contributed by atoms with van der Waals surface area (Å²) in [5, 5.41) is 9.03. The van der Waals surface area contributed by atoms with Crippen molar-refractivity contribution >= 4 is 12.3 Å². The number of carboxylic acids is 1. The number of benzene rings is 1. The van der Waals surface area contributed by atoms with Gasteiger partial charge < -0.3 is 9.67 Å². The van der Waals surface area contributed by atoms with Crippen LogP contribution >= 0.6 is 0 Å². The SMILES string of the molecule is O=Cc1cncn1Cc1ccccc1C(=O)O. The van der Waals surface area contributed by atoms with Crippen molar-refractivity contribution in [1.82, 2.24) is 9.55 Å². The summed E-state index contributed by atoms with van der Waals surface area (Å²) < 4.78 is 1.61. The maximum absolute atomic E-state index is 11.0. The smallest absolute Gasteiger partial charge is 0.336 e. The zero-order valence-electron chi connectivity index (χ0n) is 8.91. The van der Waals surface area contributed by atoms with E-state index in [0.717, 1.165) is 0 Å². The van der Waals surface area contributed by atoms with Crippen molar-refractivity contribution < 1.29 is 14.7 Å². The van der Waals surface area contributed by atoms with Crippen molar-refractivity contribution in [2.24, 2.45) is 0 Å². The standard InChI is InChI=1S/C12H10N2O3/c15-7-10-5-13-8-14(10)6-9-3-1-2-4-11(9)12(16)17/h1-5,7-8H,6H2,(H,16,17). The summed E-state index contributed by atoms with van der Waals surface area (Å²) in [4.78, 5) is 25.6. The summed E-state index contributed by atoms with van der Waals surface area (Å²) >= 11 is 0. The summed E-state index contributed by atoms with van der Waals surface area (Å²) in [5.74, 6) is -0.978. The van der Waals surface area contributed by atoms with Crippen LogP contribution in [0.25, 0.3) is 0 Å². The quantitative estimate of drug-likeness (QED) is 0.807. The number of imidazole rings is 1. The fraction of sp³-hybridized carbons (Fsp3) is 0.0833. The average molecular weight is 230 g/mol. The molecule has 0 aliphatic rings. The molecule has 2 aromatic rings. The van der Waals surface area contributed by atoms with Crippen molar-refractivity contribution in [2.45, 2.75) is 6.54 Å². The van der Waals surface area contributed by atoms with E-state index in [0.29, 0.717) is 24.1 Å². The van der Waals surface area contributed by atoms with Gasteiger partial charge in [0.25, 0.3) is 0 Å². The van der Waals surface area contributed by atoms with Crippen LogP contribution in [0.4, 0.5) is 0 Å². The van der Waals surface area contributed by atoms with Gasteiger partial charge in [0, 0.05) is 0 Å². The van der Waals surface area contributed by atoms with E-state index in [1.807, 2.05) is 0 Å². The third-order valence-electron chi connectivity index (χ3n) is 2.45. The number of nitrogens with zero attached hydrogens (tertiary/aromatic N) is 2. The minimum atomic E-state index is -0.978. The van der Waals surface area contributed by atoms with Crippen LogP contribution in [0.1, 0.15) is 26.4 Å². The number of aldehydes is 1. The lowest BCUT2D eigenvalue weighted by Gasteiger charge is -2.07. The van der Waals surface area contributed by atoms with Crippen LogP contribution in [0.15, 0.2) is 36.8 Å². The number of carbonyl (C=O) groups excluding carboxylic acids is 1. The lowest BCUT2D eigenvalue weighted by Crippen LogP contribution is -2.08. The number of hydrogen-bond acceptors (Lipinski definition) is 3. The minimum Gasteiger partial charge on any atom is -0.478 e. The van der Waals surface area contributed by atoms with E-state index in [1.165, 1.54) is 18.6 Å². The van der Waals surface area contributed by atoms with Crippen LogP contribution in [-0.4, -0.2) is 26.9 Å². The third kappa shape index (κ3) is 2.23. The van der Waals surface area contributed by atoms with Crippen LogP contribution in [0.5, 0.6) is 0 Å². The Morgan fingerprint density at radius 1 is 1.41 bits per heavy atom. The van der Waals surface area contributed by atoms with Gasteiger partial charge >= 0.3 is 5.97 Å². The molecule has 1 aromatic heterocycles. The van der Waals surface area contributed by atoms with Crippen LogP contribution in [0.3, 0.4) is 0 Å². The summed E-state index contributed by atoms with van der Waals surface area (Å²) in [6.07, 6.45) is 3.63. The van der Waals surface area contributed by atoms with Crippen molar-refractivity contribution in [3.8, 4) is 0 Å². The van der Waals surface area contributed by atoms with Gasteiger partial charge in [-0.2, -0.15) is 0 Å². The molecular weight excluding hydrogens is 220 g/mol. The van der Waals surface area contributed by atoms with E-state index in [4.69, 9.17) is 5.11 Å². The molecule has 0 saturated carbocycles. The molecule has 86 valence electrons. The Hall–Kier alpha value is -2.43. The predicted molar refractivity (Wildman–Crippen MR) is 60.1 cm³/mol. The van der Waals surface area contributed by atoms with Gasteiger partial charge in [0.1, 0.15) is 5.69 Å². The molecule has 1 N–H and O–H groups in total. The molecule has 0 aliphatic heterocycles. The highest BCUT2D eigenvalue weighted by molar-refractivity contribution is 5.89. The fourth-order valence-corrected chi connectivity index (χ4v) is 1.61. The van der Waals surface area contributed by atoms with E-state index < -0.39 is 5.97 Å². The van der Waals surface area contributed by atoms with Gasteiger partial charge in [-0.25, -0.2) is 9.78 Å². The third-order valence-corrected chi connectivity index (χ3v) is 2.45. The Labute approximate surface area is 97.3 Å². The highest BCUT2D eigenvalue weighted by Crippen LogP contribution is 2.11. The van der Waals surface area contributed by atoms with Gasteiger partial charge in [-0.05, 0) is 11.6 Å². The molecule has 0 atom stereocenters. The van der Waals surface area contributed by atoms with E-state index in [2.05, 4.69) is 4.98 Å². The number of hydrogen-bond donors (Lipinski definition) is 1. The van der Waals surface area contributed by atoms with Crippen LogP contribution in [0.2, 0.25) is 0 Å². The molecule has 0 spiro atoms. The number of aromatic nitrogens is 2. The van der Waals surface area contributed by atoms with E-state index in [1.54, 1.807) is 22.8 Å². The Morgan fingerprint density at radius 3 is 2.88 bits per heavy atom. The molecule has 0 saturated heterocycles. The molecule has 1 aromatic carbocycles. The van der Waals surface area contributed by atoms with E-state index in [-0.39, 0.29) is 5.56 Å². The summed E-state index contributed by atoms with van der Waals surface area (Å²) in [6, 6.07) is 6.69. The summed E-state index contributed by atoms with van der Waals surface area (Å²) in [5.41, 5.74) is 1.30. The van der Waals surface area contributed by atoms with Crippen molar-refractivity contribution in [2.75, 3.05) is 0 Å². The Morgan fingerprint density at radius 2 is 2.18 bits per heavy atom. The second-order valence-electron chi connectivity index (χ2n) is 3.53. The fourth-order valence-electron chi connectivity index (χ4n) is 1.61. The second-order valence-corrected chi connectivity index (χ2v) is 3.53. The average Bonchev–Trinajstić information content (AvgIpc) is 2.77. The Kier molecular flexibility index (Phi) is 3.00. The first-order valence-corrected chi connectivity index (χ1v) is 4.99. The predicted octanol–water partition coefficient (Wildman–Crippen LogP) is 1.44. The molecule has 5 nitrogen and oxygen atoms in total. The van der Waals surface area contributed by atoms with Gasteiger partial charge in [0.2, 0.25) is 0 Å². The normalized spacial score (nSPS) is 10.1. The Bertz CT molecular complexity index is 560. The monoisotopic (exact) mass is 230 g/mol. The molecule has 0 bridgehead atoms. The molecule has 0 aliphatic carbocycles. The summed E-state index contributed by atoms with van der Waals surface area (Å²) in [7, 11) is 0.